The number of hydrogen-bond acceptors (Lipinski definition) is 4. The molecular formula is C13H20N2O3. The number of nitrogens with zero attached hydrogens (tertiary/aromatic N) is 1. The van der Waals surface area contributed by atoms with Gasteiger partial charge >= 0.3 is 5.97 Å². The van der Waals surface area contributed by atoms with E-state index >= 15 is 0 Å². The van der Waals surface area contributed by atoms with Crippen LogP contribution in [0.5, 0.6) is 0 Å². The fourth-order valence-corrected chi connectivity index (χ4v) is 1.64. The molecule has 0 spiro atoms. The van der Waals surface area contributed by atoms with Gasteiger partial charge in [-0.1, -0.05) is 13.8 Å². The van der Waals surface area contributed by atoms with Crippen molar-refractivity contribution < 1.29 is 14.6 Å². The maximum atomic E-state index is 11.0. The Morgan fingerprint density at radius 2 is 2.22 bits per heavy atom. The average molecular weight is 252 g/mol. The van der Waals surface area contributed by atoms with Crippen LogP contribution in [0.25, 0.3) is 0 Å². The second-order valence-corrected chi connectivity index (χ2v) is 4.10. The SMILES string of the molecule is CCc1cc(C(=O)O)cc(NC(CC)COC)n1. The summed E-state index contributed by atoms with van der Waals surface area (Å²) in [5.41, 5.74) is 1.03. The molecule has 1 aromatic rings. The summed E-state index contributed by atoms with van der Waals surface area (Å²) in [5.74, 6) is -0.342. The van der Waals surface area contributed by atoms with Gasteiger partial charge in [-0.05, 0) is 25.0 Å². The minimum absolute atomic E-state index is 0.135. The van der Waals surface area contributed by atoms with Crippen molar-refractivity contribution >= 4 is 11.8 Å². The first-order valence-corrected chi connectivity index (χ1v) is 6.10. The minimum Gasteiger partial charge on any atom is -0.478 e. The zero-order chi connectivity index (χ0) is 13.5. The molecule has 0 amide bonds. The molecule has 1 unspecified atom stereocenters. The molecule has 0 radical (unpaired) electrons. The van der Waals surface area contributed by atoms with E-state index in [9.17, 15) is 4.79 Å². The first-order valence-electron chi connectivity index (χ1n) is 6.10. The molecule has 18 heavy (non-hydrogen) atoms. The molecule has 1 aromatic heterocycles. The van der Waals surface area contributed by atoms with Crippen molar-refractivity contribution in [1.82, 2.24) is 4.98 Å². The van der Waals surface area contributed by atoms with Crippen LogP contribution in [-0.4, -0.2) is 35.8 Å². The highest BCUT2D eigenvalue weighted by Crippen LogP contribution is 2.13. The highest BCUT2D eigenvalue weighted by atomic mass is 16.5. The van der Waals surface area contributed by atoms with Gasteiger partial charge in [0.2, 0.25) is 0 Å². The summed E-state index contributed by atoms with van der Waals surface area (Å²) in [5, 5.41) is 12.2. The Morgan fingerprint density at radius 1 is 1.50 bits per heavy atom. The van der Waals surface area contributed by atoms with Crippen LogP contribution < -0.4 is 5.32 Å². The standard InChI is InChI=1S/C13H20N2O3/c1-4-10-6-9(13(16)17)7-12(14-10)15-11(5-2)8-18-3/h6-7,11H,4-5,8H2,1-3H3,(H,14,15)(H,16,17). The minimum atomic E-state index is -0.935. The fraction of sp³-hybridized carbons (Fsp3) is 0.538. The summed E-state index contributed by atoms with van der Waals surface area (Å²) >= 11 is 0. The molecule has 0 fully saturated rings. The molecule has 0 aliphatic rings. The highest BCUT2D eigenvalue weighted by molar-refractivity contribution is 5.88. The number of hydrogen-bond donors (Lipinski definition) is 2. The number of rotatable bonds is 7. The van der Waals surface area contributed by atoms with Crippen molar-refractivity contribution in [3.63, 3.8) is 0 Å². The third kappa shape index (κ3) is 4.00. The average Bonchev–Trinajstić information content (AvgIpc) is 2.37. The zero-order valence-electron chi connectivity index (χ0n) is 11.1. The van der Waals surface area contributed by atoms with Gasteiger partial charge in [-0.3, -0.25) is 0 Å². The van der Waals surface area contributed by atoms with E-state index in [0.29, 0.717) is 18.8 Å². The predicted octanol–water partition coefficient (Wildman–Crippen LogP) is 2.18. The number of carboxylic acid groups (broad SMARTS) is 1. The van der Waals surface area contributed by atoms with Crippen LogP contribution in [-0.2, 0) is 11.2 Å². The molecule has 2 N–H and O–H groups in total. The third-order valence-electron chi connectivity index (χ3n) is 2.70. The number of pyridine rings is 1. The van der Waals surface area contributed by atoms with E-state index in [4.69, 9.17) is 9.84 Å². The van der Waals surface area contributed by atoms with Crippen molar-refractivity contribution in [2.75, 3.05) is 19.0 Å². The molecule has 0 aliphatic heterocycles. The Morgan fingerprint density at radius 3 is 2.72 bits per heavy atom. The Balaban J connectivity index is 2.93. The van der Waals surface area contributed by atoms with Crippen molar-refractivity contribution in [2.45, 2.75) is 32.7 Å². The van der Waals surface area contributed by atoms with Gasteiger partial charge < -0.3 is 15.2 Å². The number of aryl methyl sites for hydroxylation is 1. The van der Waals surface area contributed by atoms with Crippen LogP contribution in [0.2, 0.25) is 0 Å². The first-order chi connectivity index (χ1) is 8.60. The molecule has 1 rings (SSSR count). The molecule has 0 saturated heterocycles. The van der Waals surface area contributed by atoms with Crippen LogP contribution in [0, 0.1) is 0 Å². The molecular weight excluding hydrogens is 232 g/mol. The zero-order valence-corrected chi connectivity index (χ0v) is 11.1. The molecule has 0 saturated carbocycles. The van der Waals surface area contributed by atoms with Crippen molar-refractivity contribution in [1.29, 1.82) is 0 Å². The van der Waals surface area contributed by atoms with Gasteiger partial charge in [0.05, 0.1) is 18.2 Å². The number of aromatic nitrogens is 1. The quantitative estimate of drug-likeness (QED) is 0.778. The lowest BCUT2D eigenvalue weighted by Gasteiger charge is -2.17. The van der Waals surface area contributed by atoms with E-state index in [1.807, 2.05) is 13.8 Å². The number of nitrogens with one attached hydrogen (secondary N) is 1. The summed E-state index contributed by atoms with van der Waals surface area (Å²) < 4.78 is 5.09. The smallest absolute Gasteiger partial charge is 0.335 e. The third-order valence-corrected chi connectivity index (χ3v) is 2.70. The van der Waals surface area contributed by atoms with Gasteiger partial charge in [0.15, 0.2) is 0 Å². The van der Waals surface area contributed by atoms with E-state index in [0.717, 1.165) is 12.1 Å². The Labute approximate surface area is 107 Å². The van der Waals surface area contributed by atoms with Crippen molar-refractivity contribution in [3.8, 4) is 0 Å². The molecule has 1 atom stereocenters. The topological polar surface area (TPSA) is 71.5 Å². The highest BCUT2D eigenvalue weighted by Gasteiger charge is 2.11. The van der Waals surface area contributed by atoms with E-state index in [1.165, 1.54) is 0 Å². The molecule has 1 heterocycles. The molecule has 0 aromatic carbocycles. The van der Waals surface area contributed by atoms with Gasteiger partial charge in [0, 0.05) is 12.8 Å². The molecule has 100 valence electrons. The lowest BCUT2D eigenvalue weighted by Crippen LogP contribution is -2.24. The predicted molar refractivity (Wildman–Crippen MR) is 70.2 cm³/mol. The molecule has 0 bridgehead atoms. The number of carbonyl (C=O) groups is 1. The molecule has 0 aliphatic carbocycles. The van der Waals surface area contributed by atoms with Crippen molar-refractivity contribution in [3.05, 3.63) is 23.4 Å². The number of aromatic carboxylic acids is 1. The lowest BCUT2D eigenvalue weighted by molar-refractivity contribution is 0.0696. The number of ether oxygens (including phenoxy) is 1. The Hall–Kier alpha value is -1.62. The Bertz CT molecular complexity index is 407. The summed E-state index contributed by atoms with van der Waals surface area (Å²) in [6.07, 6.45) is 1.59. The van der Waals surface area contributed by atoms with E-state index in [-0.39, 0.29) is 11.6 Å². The number of carboxylic acids is 1. The maximum Gasteiger partial charge on any atom is 0.335 e. The largest absolute Gasteiger partial charge is 0.478 e. The van der Waals surface area contributed by atoms with Gasteiger partial charge in [-0.15, -0.1) is 0 Å². The van der Waals surface area contributed by atoms with Gasteiger partial charge in [-0.25, -0.2) is 9.78 Å². The van der Waals surface area contributed by atoms with Gasteiger partial charge in [0.25, 0.3) is 0 Å². The molecule has 5 heteroatoms. The Kier molecular flexibility index (Phi) is 5.58. The van der Waals surface area contributed by atoms with Crippen LogP contribution in [0.3, 0.4) is 0 Å². The van der Waals surface area contributed by atoms with E-state index in [2.05, 4.69) is 10.3 Å². The van der Waals surface area contributed by atoms with E-state index < -0.39 is 5.97 Å². The van der Waals surface area contributed by atoms with Crippen LogP contribution in [0.1, 0.15) is 36.3 Å². The van der Waals surface area contributed by atoms with Crippen LogP contribution in [0.4, 0.5) is 5.82 Å². The first kappa shape index (κ1) is 14.4. The van der Waals surface area contributed by atoms with E-state index in [1.54, 1.807) is 19.2 Å². The van der Waals surface area contributed by atoms with Crippen LogP contribution >= 0.6 is 0 Å². The second-order valence-electron chi connectivity index (χ2n) is 4.10. The summed E-state index contributed by atoms with van der Waals surface area (Å²) in [6, 6.07) is 3.29. The fourth-order valence-electron chi connectivity index (χ4n) is 1.64. The summed E-state index contributed by atoms with van der Waals surface area (Å²) in [7, 11) is 1.64. The summed E-state index contributed by atoms with van der Waals surface area (Å²) in [4.78, 5) is 15.4. The lowest BCUT2D eigenvalue weighted by atomic mass is 10.2. The van der Waals surface area contributed by atoms with Gasteiger partial charge in [0.1, 0.15) is 5.82 Å². The summed E-state index contributed by atoms with van der Waals surface area (Å²) in [6.45, 7) is 4.56. The maximum absolute atomic E-state index is 11.0. The molecule has 5 nitrogen and oxygen atoms in total. The number of anilines is 1. The van der Waals surface area contributed by atoms with Gasteiger partial charge in [-0.2, -0.15) is 0 Å². The van der Waals surface area contributed by atoms with Crippen LogP contribution in [0.15, 0.2) is 12.1 Å². The second kappa shape index (κ2) is 6.96. The van der Waals surface area contributed by atoms with Crippen molar-refractivity contribution in [2.24, 2.45) is 0 Å². The monoisotopic (exact) mass is 252 g/mol. The number of methoxy groups -OCH3 is 1. The normalized spacial score (nSPS) is 12.2.